The summed E-state index contributed by atoms with van der Waals surface area (Å²) in [6.45, 7) is 2.68. The Bertz CT molecular complexity index is 1080. The highest BCUT2D eigenvalue weighted by molar-refractivity contribution is 7.91. The molecular formula is C26H33ClN2O4S. The monoisotopic (exact) mass is 504 g/mol. The molecule has 8 heteroatoms. The molecule has 2 aromatic carbocycles. The molecule has 184 valence electrons. The molecule has 0 saturated carbocycles. The summed E-state index contributed by atoms with van der Waals surface area (Å²) in [6.07, 6.45) is 2.97. The lowest BCUT2D eigenvalue weighted by Gasteiger charge is -2.24. The number of sulfone groups is 1. The minimum Gasteiger partial charge on any atom is -0.497 e. The molecule has 0 radical (unpaired) electrons. The van der Waals surface area contributed by atoms with Gasteiger partial charge in [0.2, 0.25) is 5.91 Å². The Labute approximate surface area is 207 Å². The van der Waals surface area contributed by atoms with Gasteiger partial charge in [-0.05, 0) is 73.5 Å². The summed E-state index contributed by atoms with van der Waals surface area (Å²) in [5.41, 5.74) is 1.92. The Kier molecular flexibility index (Phi) is 8.17. The van der Waals surface area contributed by atoms with Crippen LogP contribution in [0, 0.1) is 11.8 Å². The normalized spacial score (nSPS) is 23.0. The summed E-state index contributed by atoms with van der Waals surface area (Å²) >= 11 is 6.06. The van der Waals surface area contributed by atoms with Gasteiger partial charge >= 0.3 is 0 Å². The fraction of sp³-hybridized carbons (Fsp3) is 0.500. The number of benzene rings is 2. The third-order valence-corrected chi connectivity index (χ3v) is 9.09. The fourth-order valence-corrected chi connectivity index (χ4v) is 6.97. The van der Waals surface area contributed by atoms with Gasteiger partial charge in [-0.15, -0.1) is 0 Å². The predicted molar refractivity (Wildman–Crippen MR) is 136 cm³/mol. The van der Waals surface area contributed by atoms with Crippen LogP contribution >= 0.6 is 11.6 Å². The quantitative estimate of drug-likeness (QED) is 0.568. The molecule has 2 atom stereocenters. The number of carbonyl (C=O) groups is 1. The summed E-state index contributed by atoms with van der Waals surface area (Å²) in [5, 5.41) is 3.58. The molecule has 0 spiro atoms. The van der Waals surface area contributed by atoms with Gasteiger partial charge in [0.1, 0.15) is 15.6 Å². The number of hydrogen-bond donors (Lipinski definition) is 1. The molecular weight excluding hydrogens is 472 g/mol. The first-order valence-electron chi connectivity index (χ1n) is 11.9. The molecule has 2 aromatic rings. The molecule has 6 nitrogen and oxygen atoms in total. The number of halogens is 1. The molecule has 0 unspecified atom stereocenters. The van der Waals surface area contributed by atoms with Crippen molar-refractivity contribution >= 4 is 33.0 Å². The number of carbonyl (C=O) groups excluding carboxylic acids is 1. The Morgan fingerprint density at radius 3 is 2.53 bits per heavy atom. The van der Waals surface area contributed by atoms with Crippen LogP contribution in [0.1, 0.15) is 37.2 Å². The molecule has 34 heavy (non-hydrogen) atoms. The van der Waals surface area contributed by atoms with E-state index in [4.69, 9.17) is 16.3 Å². The second kappa shape index (κ2) is 11.1. The zero-order valence-electron chi connectivity index (χ0n) is 19.6. The third-order valence-electron chi connectivity index (χ3n) is 7.14. The second-order valence-electron chi connectivity index (χ2n) is 9.55. The Hall–Kier alpha value is -2.09. The minimum absolute atomic E-state index is 0.00915. The Morgan fingerprint density at radius 2 is 1.85 bits per heavy atom. The van der Waals surface area contributed by atoms with E-state index in [1.54, 1.807) is 19.2 Å². The zero-order valence-corrected chi connectivity index (χ0v) is 21.2. The van der Waals surface area contributed by atoms with Crippen LogP contribution in [0.4, 0.5) is 5.69 Å². The summed E-state index contributed by atoms with van der Waals surface area (Å²) in [4.78, 5) is 15.3. The van der Waals surface area contributed by atoms with E-state index < -0.39 is 9.84 Å². The van der Waals surface area contributed by atoms with Crippen molar-refractivity contribution in [3.8, 4) is 5.75 Å². The SMILES string of the molecule is COc1ccc([C@H]2CN(CCC3CCS(=O)(=O)CC3)C[C@@H]2CC(=O)Nc2cccc(Cl)c2)cc1. The lowest BCUT2D eigenvalue weighted by Crippen LogP contribution is -2.28. The molecule has 2 saturated heterocycles. The van der Waals surface area contributed by atoms with Gasteiger partial charge in [0, 0.05) is 36.1 Å². The van der Waals surface area contributed by atoms with Gasteiger partial charge in [-0.3, -0.25) is 4.79 Å². The highest BCUT2D eigenvalue weighted by Crippen LogP contribution is 2.36. The van der Waals surface area contributed by atoms with E-state index in [1.165, 1.54) is 5.56 Å². The van der Waals surface area contributed by atoms with Crippen LogP contribution in [0.15, 0.2) is 48.5 Å². The Morgan fingerprint density at radius 1 is 1.12 bits per heavy atom. The number of hydrogen-bond acceptors (Lipinski definition) is 5. The van der Waals surface area contributed by atoms with Crippen molar-refractivity contribution in [1.82, 2.24) is 4.90 Å². The summed E-state index contributed by atoms with van der Waals surface area (Å²) in [7, 11) is -1.17. The maximum atomic E-state index is 12.9. The van der Waals surface area contributed by atoms with Crippen LogP contribution in [0.2, 0.25) is 5.02 Å². The van der Waals surface area contributed by atoms with Crippen molar-refractivity contribution in [3.05, 3.63) is 59.1 Å². The predicted octanol–water partition coefficient (Wildman–Crippen LogP) is 4.61. The summed E-state index contributed by atoms with van der Waals surface area (Å²) in [6, 6.07) is 15.4. The number of nitrogens with one attached hydrogen (secondary N) is 1. The van der Waals surface area contributed by atoms with Gasteiger partial charge in [0.25, 0.3) is 0 Å². The standard InChI is InChI=1S/C26H33ClN2O4S/c1-33-24-7-5-20(6-8-24)25-18-29(12-9-19-10-13-34(31,32)14-11-19)17-21(25)15-26(30)28-23-4-2-3-22(27)16-23/h2-8,16,19,21,25H,9-15,17-18H2,1H3,(H,28,30)/t21-,25+/m0/s1. The van der Waals surface area contributed by atoms with Crippen LogP contribution in [-0.4, -0.2) is 57.5 Å². The maximum absolute atomic E-state index is 12.9. The topological polar surface area (TPSA) is 75.7 Å². The van der Waals surface area contributed by atoms with E-state index in [1.807, 2.05) is 24.3 Å². The lowest BCUT2D eigenvalue weighted by molar-refractivity contribution is -0.117. The highest BCUT2D eigenvalue weighted by Gasteiger charge is 2.35. The number of anilines is 1. The zero-order chi connectivity index (χ0) is 24.1. The Balaban J connectivity index is 1.40. The van der Waals surface area contributed by atoms with Crippen molar-refractivity contribution in [2.75, 3.05) is 43.6 Å². The van der Waals surface area contributed by atoms with Gasteiger partial charge in [0.15, 0.2) is 0 Å². The van der Waals surface area contributed by atoms with Crippen LogP contribution in [-0.2, 0) is 14.6 Å². The summed E-state index contributed by atoms with van der Waals surface area (Å²) in [5.74, 6) is 2.36. The largest absolute Gasteiger partial charge is 0.497 e. The van der Waals surface area contributed by atoms with E-state index in [0.717, 1.165) is 44.6 Å². The van der Waals surface area contributed by atoms with Crippen molar-refractivity contribution in [2.24, 2.45) is 11.8 Å². The lowest BCUT2D eigenvalue weighted by atomic mass is 9.86. The number of nitrogens with zero attached hydrogens (tertiary/aromatic N) is 1. The molecule has 1 amide bonds. The van der Waals surface area contributed by atoms with Crippen molar-refractivity contribution in [1.29, 1.82) is 0 Å². The van der Waals surface area contributed by atoms with Gasteiger partial charge in [-0.25, -0.2) is 8.42 Å². The number of amides is 1. The van der Waals surface area contributed by atoms with E-state index in [2.05, 4.69) is 22.3 Å². The molecule has 1 N–H and O–H groups in total. The number of ether oxygens (including phenoxy) is 1. The molecule has 4 rings (SSSR count). The molecule has 2 aliphatic rings. The van der Waals surface area contributed by atoms with Crippen molar-refractivity contribution < 1.29 is 17.9 Å². The smallest absolute Gasteiger partial charge is 0.224 e. The molecule has 2 fully saturated rings. The average molecular weight is 505 g/mol. The molecule has 0 bridgehead atoms. The first-order chi connectivity index (χ1) is 16.3. The maximum Gasteiger partial charge on any atom is 0.224 e. The molecule has 2 heterocycles. The molecule has 2 aliphatic heterocycles. The van der Waals surface area contributed by atoms with E-state index in [9.17, 15) is 13.2 Å². The van der Waals surface area contributed by atoms with Gasteiger partial charge in [-0.2, -0.15) is 0 Å². The van der Waals surface area contributed by atoms with Crippen LogP contribution in [0.25, 0.3) is 0 Å². The van der Waals surface area contributed by atoms with Crippen LogP contribution in [0.5, 0.6) is 5.75 Å². The van der Waals surface area contributed by atoms with Crippen LogP contribution in [0.3, 0.4) is 0 Å². The number of likely N-dealkylation sites (tertiary alicyclic amines) is 1. The third kappa shape index (κ3) is 6.74. The second-order valence-corrected chi connectivity index (χ2v) is 12.3. The average Bonchev–Trinajstić information content (AvgIpc) is 3.20. The van der Waals surface area contributed by atoms with E-state index in [0.29, 0.717) is 34.6 Å². The van der Waals surface area contributed by atoms with Crippen molar-refractivity contribution in [3.63, 3.8) is 0 Å². The minimum atomic E-state index is -2.83. The number of rotatable bonds is 8. The number of methoxy groups -OCH3 is 1. The molecule has 0 aliphatic carbocycles. The first kappa shape index (κ1) is 25.0. The first-order valence-corrected chi connectivity index (χ1v) is 14.1. The highest BCUT2D eigenvalue weighted by atomic mass is 35.5. The van der Waals surface area contributed by atoms with Crippen LogP contribution < -0.4 is 10.1 Å². The van der Waals surface area contributed by atoms with Gasteiger partial charge in [-0.1, -0.05) is 29.8 Å². The molecule has 0 aromatic heterocycles. The van der Waals surface area contributed by atoms with E-state index >= 15 is 0 Å². The van der Waals surface area contributed by atoms with Gasteiger partial charge < -0.3 is 15.0 Å². The van der Waals surface area contributed by atoms with E-state index in [-0.39, 0.29) is 17.7 Å². The van der Waals surface area contributed by atoms with Crippen molar-refractivity contribution in [2.45, 2.75) is 31.6 Å². The summed E-state index contributed by atoms with van der Waals surface area (Å²) < 4.78 is 28.8. The van der Waals surface area contributed by atoms with Gasteiger partial charge in [0.05, 0.1) is 18.6 Å². The fourth-order valence-electron chi connectivity index (χ4n) is 5.19.